The molecule has 0 heterocycles. The molecule has 2 rings (SSSR count). The molecule has 1 aliphatic carbocycles. The standard InChI is InChI=1S/C13H13F6N/c14-7-5-9(15)12(10(16)6-7)20-11-4-2-1-3-8(11)13(17,18)19/h5-6,8,11,20H,1-4H2. The van der Waals surface area contributed by atoms with Crippen LogP contribution in [0.1, 0.15) is 25.7 Å². The van der Waals surface area contributed by atoms with Gasteiger partial charge in [-0.3, -0.25) is 0 Å². The molecule has 0 aliphatic heterocycles. The van der Waals surface area contributed by atoms with Gasteiger partial charge in [0, 0.05) is 18.2 Å². The van der Waals surface area contributed by atoms with E-state index in [4.69, 9.17) is 0 Å². The highest BCUT2D eigenvalue weighted by molar-refractivity contribution is 5.47. The second-order valence-electron chi connectivity index (χ2n) is 4.93. The molecule has 0 bridgehead atoms. The first-order chi connectivity index (χ1) is 9.29. The molecule has 20 heavy (non-hydrogen) atoms. The third-order valence-electron chi connectivity index (χ3n) is 3.52. The Morgan fingerprint density at radius 2 is 1.50 bits per heavy atom. The van der Waals surface area contributed by atoms with E-state index in [9.17, 15) is 26.3 Å². The van der Waals surface area contributed by atoms with Gasteiger partial charge in [0.15, 0.2) is 11.6 Å². The lowest BCUT2D eigenvalue weighted by molar-refractivity contribution is -0.184. The number of nitrogens with one attached hydrogen (secondary N) is 1. The van der Waals surface area contributed by atoms with E-state index in [0.717, 1.165) is 0 Å². The maximum absolute atomic E-state index is 13.5. The third kappa shape index (κ3) is 3.19. The number of halogens is 6. The Bertz CT molecular complexity index is 461. The monoisotopic (exact) mass is 297 g/mol. The van der Waals surface area contributed by atoms with E-state index >= 15 is 0 Å². The number of rotatable bonds is 2. The molecule has 7 heteroatoms. The Hall–Kier alpha value is -1.40. The average Bonchev–Trinajstić information content (AvgIpc) is 2.33. The Labute approximate surface area is 112 Å². The van der Waals surface area contributed by atoms with Crippen LogP contribution in [0.5, 0.6) is 0 Å². The lowest BCUT2D eigenvalue weighted by atomic mass is 9.84. The number of hydrogen-bond donors (Lipinski definition) is 1. The van der Waals surface area contributed by atoms with Crippen LogP contribution >= 0.6 is 0 Å². The van der Waals surface area contributed by atoms with E-state index in [1.165, 1.54) is 0 Å². The Kier molecular flexibility index (Phi) is 4.15. The second kappa shape index (κ2) is 5.54. The van der Waals surface area contributed by atoms with Gasteiger partial charge in [0.2, 0.25) is 0 Å². The topological polar surface area (TPSA) is 12.0 Å². The van der Waals surface area contributed by atoms with Gasteiger partial charge in [0.05, 0.1) is 5.92 Å². The smallest absolute Gasteiger partial charge is 0.377 e. The molecule has 0 amide bonds. The molecule has 1 fully saturated rings. The molecule has 1 nitrogen and oxygen atoms in total. The Morgan fingerprint density at radius 1 is 0.950 bits per heavy atom. The van der Waals surface area contributed by atoms with Crippen LogP contribution in [0.25, 0.3) is 0 Å². The first-order valence-corrected chi connectivity index (χ1v) is 6.27. The van der Waals surface area contributed by atoms with Crippen molar-refractivity contribution in [3.05, 3.63) is 29.6 Å². The van der Waals surface area contributed by atoms with Crippen LogP contribution in [0.2, 0.25) is 0 Å². The van der Waals surface area contributed by atoms with Crippen LogP contribution in [0, 0.1) is 23.4 Å². The van der Waals surface area contributed by atoms with Crippen LogP contribution in [0.15, 0.2) is 12.1 Å². The van der Waals surface area contributed by atoms with Gasteiger partial charge in [0.25, 0.3) is 0 Å². The molecular weight excluding hydrogens is 284 g/mol. The predicted molar refractivity (Wildman–Crippen MR) is 61.7 cm³/mol. The highest BCUT2D eigenvalue weighted by Crippen LogP contribution is 2.39. The van der Waals surface area contributed by atoms with Gasteiger partial charge in [-0.1, -0.05) is 12.8 Å². The SMILES string of the molecule is Fc1cc(F)c(NC2CCCCC2C(F)(F)F)c(F)c1. The van der Waals surface area contributed by atoms with Crippen molar-refractivity contribution in [1.82, 2.24) is 0 Å². The zero-order valence-corrected chi connectivity index (χ0v) is 10.4. The summed E-state index contributed by atoms with van der Waals surface area (Å²) in [4.78, 5) is 0. The fourth-order valence-electron chi connectivity index (χ4n) is 2.56. The quantitative estimate of drug-likeness (QED) is 0.784. The number of anilines is 1. The van der Waals surface area contributed by atoms with Crippen molar-refractivity contribution in [1.29, 1.82) is 0 Å². The molecule has 1 saturated carbocycles. The second-order valence-corrected chi connectivity index (χ2v) is 4.93. The van der Waals surface area contributed by atoms with Crippen LogP contribution in [-0.2, 0) is 0 Å². The molecule has 1 aromatic rings. The van der Waals surface area contributed by atoms with E-state index in [1.807, 2.05) is 0 Å². The molecule has 1 N–H and O–H groups in total. The molecule has 0 aromatic heterocycles. The van der Waals surface area contributed by atoms with Gasteiger partial charge in [-0.15, -0.1) is 0 Å². The molecule has 112 valence electrons. The van der Waals surface area contributed by atoms with Crippen molar-refractivity contribution in [2.24, 2.45) is 5.92 Å². The van der Waals surface area contributed by atoms with Crippen LogP contribution in [-0.4, -0.2) is 12.2 Å². The first kappa shape index (κ1) is 15.0. The molecule has 0 radical (unpaired) electrons. The van der Waals surface area contributed by atoms with Crippen LogP contribution in [0.4, 0.5) is 32.0 Å². The van der Waals surface area contributed by atoms with Gasteiger partial charge in [-0.25, -0.2) is 13.2 Å². The van der Waals surface area contributed by atoms with Gasteiger partial charge in [-0.2, -0.15) is 13.2 Å². The summed E-state index contributed by atoms with van der Waals surface area (Å²) in [5.41, 5.74) is -0.701. The molecule has 2 unspecified atom stereocenters. The predicted octanol–water partition coefficient (Wildman–Crippen LogP) is 4.64. The normalized spacial score (nSPS) is 23.7. The maximum atomic E-state index is 13.5. The van der Waals surface area contributed by atoms with E-state index in [1.54, 1.807) is 0 Å². The minimum Gasteiger partial charge on any atom is -0.377 e. The Morgan fingerprint density at radius 3 is 2.05 bits per heavy atom. The van der Waals surface area contributed by atoms with Crippen molar-refractivity contribution in [3.63, 3.8) is 0 Å². The van der Waals surface area contributed by atoms with Gasteiger partial charge >= 0.3 is 6.18 Å². The highest BCUT2D eigenvalue weighted by Gasteiger charge is 2.45. The summed E-state index contributed by atoms with van der Waals surface area (Å²) in [6.07, 6.45) is -3.36. The lowest BCUT2D eigenvalue weighted by Gasteiger charge is -2.34. The molecular formula is C13H13F6N. The maximum Gasteiger partial charge on any atom is 0.393 e. The van der Waals surface area contributed by atoms with Crippen LogP contribution in [0.3, 0.4) is 0 Å². The molecule has 0 spiro atoms. The van der Waals surface area contributed by atoms with Gasteiger partial charge < -0.3 is 5.32 Å². The minimum atomic E-state index is -4.43. The summed E-state index contributed by atoms with van der Waals surface area (Å²) in [6, 6.07) is -0.216. The average molecular weight is 297 g/mol. The molecule has 1 aliphatic rings. The van der Waals surface area contributed by atoms with Gasteiger partial charge in [0.1, 0.15) is 11.5 Å². The summed E-state index contributed by atoms with van der Waals surface area (Å²) in [6.45, 7) is 0. The largest absolute Gasteiger partial charge is 0.393 e. The van der Waals surface area contributed by atoms with E-state index < -0.39 is 41.3 Å². The minimum absolute atomic E-state index is 0.0778. The van der Waals surface area contributed by atoms with Crippen LogP contribution < -0.4 is 5.32 Å². The molecule has 0 saturated heterocycles. The zero-order chi connectivity index (χ0) is 14.9. The summed E-state index contributed by atoms with van der Waals surface area (Å²) in [7, 11) is 0. The highest BCUT2D eigenvalue weighted by atomic mass is 19.4. The molecule has 2 atom stereocenters. The summed E-state index contributed by atoms with van der Waals surface area (Å²) >= 11 is 0. The van der Waals surface area contributed by atoms with E-state index in [2.05, 4.69) is 5.32 Å². The van der Waals surface area contributed by atoms with E-state index in [-0.39, 0.29) is 12.8 Å². The van der Waals surface area contributed by atoms with Crippen molar-refractivity contribution in [2.75, 3.05) is 5.32 Å². The number of benzene rings is 1. The summed E-state index contributed by atoms with van der Waals surface area (Å²) in [5.74, 6) is -5.22. The zero-order valence-electron chi connectivity index (χ0n) is 10.4. The van der Waals surface area contributed by atoms with Crippen molar-refractivity contribution >= 4 is 5.69 Å². The Balaban J connectivity index is 2.23. The molecule has 1 aromatic carbocycles. The first-order valence-electron chi connectivity index (χ1n) is 6.27. The fraction of sp³-hybridized carbons (Fsp3) is 0.538. The lowest BCUT2D eigenvalue weighted by Crippen LogP contribution is -2.41. The number of alkyl halides is 3. The summed E-state index contributed by atoms with van der Waals surface area (Å²) < 4.78 is 78.3. The third-order valence-corrected chi connectivity index (χ3v) is 3.52. The van der Waals surface area contributed by atoms with Gasteiger partial charge in [-0.05, 0) is 12.8 Å². The van der Waals surface area contributed by atoms with Crippen molar-refractivity contribution in [2.45, 2.75) is 37.9 Å². The van der Waals surface area contributed by atoms with E-state index in [0.29, 0.717) is 25.0 Å². The fourth-order valence-corrected chi connectivity index (χ4v) is 2.56. The summed E-state index contributed by atoms with van der Waals surface area (Å²) in [5, 5.41) is 2.26. The van der Waals surface area contributed by atoms with Crippen molar-refractivity contribution < 1.29 is 26.3 Å². The number of hydrogen-bond acceptors (Lipinski definition) is 1. The van der Waals surface area contributed by atoms with Crippen molar-refractivity contribution in [3.8, 4) is 0 Å².